The second kappa shape index (κ2) is 8.11. The van der Waals surface area contributed by atoms with Gasteiger partial charge in [-0.2, -0.15) is 10.2 Å². The minimum atomic E-state index is -0.836. The molecule has 0 bridgehead atoms. The smallest absolute Gasteiger partial charge is 0.151 e. The lowest BCUT2D eigenvalue weighted by Gasteiger charge is -2.34. The number of benzene rings is 1. The average molecular weight is 393 g/mol. The summed E-state index contributed by atoms with van der Waals surface area (Å²) in [6, 6.07) is 12.5. The summed E-state index contributed by atoms with van der Waals surface area (Å²) in [5.41, 5.74) is 3.43. The van der Waals surface area contributed by atoms with Crippen LogP contribution in [0.3, 0.4) is 0 Å². The number of anilines is 1. The SMILES string of the molecule is Cc1ccc(-c2ccc(-c3ccc(N(C)[C@@H]4CCCC[C@@H]4F)nn3)c(O)c2)nn1. The van der Waals surface area contributed by atoms with Gasteiger partial charge < -0.3 is 10.0 Å². The van der Waals surface area contributed by atoms with Crippen LogP contribution < -0.4 is 4.90 Å². The number of rotatable bonds is 4. The van der Waals surface area contributed by atoms with Gasteiger partial charge in [0.15, 0.2) is 5.82 Å². The van der Waals surface area contributed by atoms with Gasteiger partial charge >= 0.3 is 0 Å². The van der Waals surface area contributed by atoms with Crippen molar-refractivity contribution in [1.82, 2.24) is 20.4 Å². The third-order valence-electron chi connectivity index (χ3n) is 5.52. The zero-order chi connectivity index (χ0) is 20.4. The highest BCUT2D eigenvalue weighted by atomic mass is 19.1. The monoisotopic (exact) mass is 393 g/mol. The maximum Gasteiger partial charge on any atom is 0.151 e. The van der Waals surface area contributed by atoms with Crippen LogP contribution in [0.2, 0.25) is 0 Å². The minimum Gasteiger partial charge on any atom is -0.507 e. The van der Waals surface area contributed by atoms with Gasteiger partial charge in [-0.1, -0.05) is 18.9 Å². The van der Waals surface area contributed by atoms with Crippen LogP contribution in [0.5, 0.6) is 5.75 Å². The van der Waals surface area contributed by atoms with Crippen LogP contribution in [0.4, 0.5) is 10.2 Å². The van der Waals surface area contributed by atoms with E-state index in [4.69, 9.17) is 0 Å². The maximum absolute atomic E-state index is 14.2. The first-order valence-electron chi connectivity index (χ1n) is 9.87. The van der Waals surface area contributed by atoms with E-state index in [9.17, 15) is 9.50 Å². The fourth-order valence-electron chi connectivity index (χ4n) is 3.79. The number of aromatic nitrogens is 4. The van der Waals surface area contributed by atoms with E-state index in [2.05, 4.69) is 20.4 Å². The van der Waals surface area contributed by atoms with E-state index in [1.807, 2.05) is 43.1 Å². The van der Waals surface area contributed by atoms with Gasteiger partial charge in [0.2, 0.25) is 0 Å². The van der Waals surface area contributed by atoms with Crippen LogP contribution in [0.1, 0.15) is 31.4 Å². The quantitative estimate of drug-likeness (QED) is 0.711. The van der Waals surface area contributed by atoms with E-state index in [-0.39, 0.29) is 11.8 Å². The summed E-state index contributed by atoms with van der Waals surface area (Å²) in [6.45, 7) is 1.87. The molecule has 1 fully saturated rings. The van der Waals surface area contributed by atoms with E-state index in [1.54, 1.807) is 18.2 Å². The van der Waals surface area contributed by atoms with Gasteiger partial charge in [-0.15, -0.1) is 10.2 Å². The van der Waals surface area contributed by atoms with Crippen LogP contribution in [-0.4, -0.2) is 44.8 Å². The number of alkyl halides is 1. The van der Waals surface area contributed by atoms with Gasteiger partial charge in [-0.05, 0) is 56.2 Å². The molecule has 0 spiro atoms. The van der Waals surface area contributed by atoms with E-state index in [0.29, 0.717) is 29.2 Å². The molecule has 0 unspecified atom stereocenters. The van der Waals surface area contributed by atoms with E-state index < -0.39 is 6.17 Å². The van der Waals surface area contributed by atoms with Crippen LogP contribution >= 0.6 is 0 Å². The highest BCUT2D eigenvalue weighted by molar-refractivity contribution is 5.73. The number of hydrogen-bond donors (Lipinski definition) is 1. The van der Waals surface area contributed by atoms with Crippen molar-refractivity contribution in [3.8, 4) is 28.3 Å². The number of hydrogen-bond acceptors (Lipinski definition) is 6. The standard InChI is InChI=1S/C22H24FN5O/c1-14-7-10-18(25-24-14)15-8-9-16(21(29)13-15)19-11-12-22(27-26-19)28(2)20-6-4-3-5-17(20)23/h7-13,17,20,29H,3-6H2,1-2H3/t17-,20+/m0/s1. The molecule has 29 heavy (non-hydrogen) atoms. The molecule has 150 valence electrons. The van der Waals surface area contributed by atoms with E-state index >= 15 is 0 Å². The van der Waals surface area contributed by atoms with Gasteiger partial charge in [0, 0.05) is 18.2 Å². The summed E-state index contributed by atoms with van der Waals surface area (Å²) in [5.74, 6) is 0.728. The van der Waals surface area contributed by atoms with Crippen molar-refractivity contribution in [2.75, 3.05) is 11.9 Å². The molecule has 0 radical (unpaired) electrons. The Morgan fingerprint density at radius 1 is 0.931 bits per heavy atom. The fourth-order valence-corrected chi connectivity index (χ4v) is 3.79. The summed E-state index contributed by atoms with van der Waals surface area (Å²) >= 11 is 0. The molecule has 0 aliphatic heterocycles. The number of nitrogens with zero attached hydrogens (tertiary/aromatic N) is 5. The van der Waals surface area contributed by atoms with Crippen LogP contribution in [0, 0.1) is 6.92 Å². The molecule has 4 rings (SSSR count). The fraction of sp³-hybridized carbons (Fsp3) is 0.364. The predicted molar refractivity (Wildman–Crippen MR) is 110 cm³/mol. The third-order valence-corrected chi connectivity index (χ3v) is 5.52. The van der Waals surface area contributed by atoms with Crippen LogP contribution in [0.15, 0.2) is 42.5 Å². The minimum absolute atomic E-state index is 0.0939. The highest BCUT2D eigenvalue weighted by Crippen LogP contribution is 2.33. The van der Waals surface area contributed by atoms with Gasteiger partial charge in [0.25, 0.3) is 0 Å². The van der Waals surface area contributed by atoms with E-state index in [0.717, 1.165) is 30.5 Å². The second-order valence-corrected chi connectivity index (χ2v) is 7.55. The Labute approximate surface area is 169 Å². The lowest BCUT2D eigenvalue weighted by molar-refractivity contribution is 0.213. The van der Waals surface area contributed by atoms with Gasteiger partial charge in [0.05, 0.1) is 23.1 Å². The molecular formula is C22H24FN5O. The Hall–Kier alpha value is -3.09. The third kappa shape index (κ3) is 4.04. The molecule has 1 aliphatic rings. The first-order valence-corrected chi connectivity index (χ1v) is 9.87. The lowest BCUT2D eigenvalue weighted by atomic mass is 9.92. The van der Waals surface area contributed by atoms with E-state index in [1.165, 1.54) is 0 Å². The molecule has 2 heterocycles. The Morgan fingerprint density at radius 2 is 1.69 bits per heavy atom. The first kappa shape index (κ1) is 19.2. The summed E-state index contributed by atoms with van der Waals surface area (Å²) in [6.07, 6.45) is 2.57. The number of aromatic hydroxyl groups is 1. The van der Waals surface area contributed by atoms with Crippen LogP contribution in [-0.2, 0) is 0 Å². The zero-order valence-corrected chi connectivity index (χ0v) is 16.6. The van der Waals surface area contributed by atoms with Gasteiger partial charge in [0.1, 0.15) is 11.9 Å². The van der Waals surface area contributed by atoms with Crippen molar-refractivity contribution >= 4 is 5.82 Å². The molecule has 7 heteroatoms. The van der Waals surface area contributed by atoms with Gasteiger partial charge in [-0.25, -0.2) is 4.39 Å². The van der Waals surface area contributed by atoms with Crippen molar-refractivity contribution in [3.63, 3.8) is 0 Å². The highest BCUT2D eigenvalue weighted by Gasteiger charge is 2.29. The van der Waals surface area contributed by atoms with Crippen molar-refractivity contribution in [2.24, 2.45) is 0 Å². The molecular weight excluding hydrogens is 369 g/mol. The Bertz CT molecular complexity index is 977. The lowest BCUT2D eigenvalue weighted by Crippen LogP contribution is -2.41. The molecule has 1 aromatic carbocycles. The Kier molecular flexibility index (Phi) is 5.38. The Morgan fingerprint density at radius 3 is 2.34 bits per heavy atom. The number of halogens is 1. The molecule has 2 atom stereocenters. The number of phenols is 1. The topological polar surface area (TPSA) is 75.0 Å². The second-order valence-electron chi connectivity index (χ2n) is 7.55. The summed E-state index contributed by atoms with van der Waals surface area (Å²) in [4.78, 5) is 1.87. The van der Waals surface area contributed by atoms with Crippen molar-refractivity contribution in [3.05, 3.63) is 48.2 Å². The normalized spacial score (nSPS) is 19.1. The summed E-state index contributed by atoms with van der Waals surface area (Å²) in [5, 5.41) is 27.2. The predicted octanol–water partition coefficient (Wildman–Crippen LogP) is 4.33. The molecule has 0 saturated heterocycles. The number of phenolic OH excluding ortho intramolecular Hbond substituents is 1. The Balaban J connectivity index is 1.55. The van der Waals surface area contributed by atoms with Gasteiger partial charge in [-0.3, -0.25) is 0 Å². The van der Waals surface area contributed by atoms with Crippen molar-refractivity contribution in [1.29, 1.82) is 0 Å². The summed E-state index contributed by atoms with van der Waals surface area (Å²) < 4.78 is 14.2. The van der Waals surface area contributed by atoms with Crippen molar-refractivity contribution in [2.45, 2.75) is 44.8 Å². The molecule has 1 N–H and O–H groups in total. The molecule has 1 aliphatic carbocycles. The zero-order valence-electron chi connectivity index (χ0n) is 16.6. The maximum atomic E-state index is 14.2. The van der Waals surface area contributed by atoms with Crippen molar-refractivity contribution < 1.29 is 9.50 Å². The average Bonchev–Trinajstić information content (AvgIpc) is 2.74. The first-order chi connectivity index (χ1) is 14.0. The molecule has 2 aromatic heterocycles. The van der Waals surface area contributed by atoms with Crippen LogP contribution in [0.25, 0.3) is 22.5 Å². The number of aryl methyl sites for hydroxylation is 1. The molecule has 3 aromatic rings. The largest absolute Gasteiger partial charge is 0.507 e. The molecule has 0 amide bonds. The molecule has 1 saturated carbocycles. The molecule has 6 nitrogen and oxygen atoms in total. The summed E-state index contributed by atoms with van der Waals surface area (Å²) in [7, 11) is 1.86.